The third-order valence-corrected chi connectivity index (χ3v) is 2.20. The van der Waals surface area contributed by atoms with Crippen molar-refractivity contribution >= 4 is 40.0 Å². The zero-order valence-electron chi connectivity index (χ0n) is 6.14. The summed E-state index contributed by atoms with van der Waals surface area (Å²) in [6.07, 6.45) is 0. The van der Waals surface area contributed by atoms with Crippen molar-refractivity contribution in [3.63, 3.8) is 0 Å². The van der Waals surface area contributed by atoms with Crippen LogP contribution in [-0.2, 0) is 0 Å². The van der Waals surface area contributed by atoms with Crippen molar-refractivity contribution in [1.29, 1.82) is 5.26 Å². The SMILES string of the molecule is N#Cc1c(Cl)cc(C(=O)Cl)cc1Cl. The molecule has 1 aromatic carbocycles. The van der Waals surface area contributed by atoms with Gasteiger partial charge in [-0.3, -0.25) is 4.79 Å². The highest BCUT2D eigenvalue weighted by atomic mass is 35.5. The fourth-order valence-corrected chi connectivity index (χ4v) is 1.47. The Kier molecular flexibility index (Phi) is 3.16. The van der Waals surface area contributed by atoms with Crippen LogP contribution in [0.2, 0.25) is 10.0 Å². The zero-order valence-corrected chi connectivity index (χ0v) is 8.41. The van der Waals surface area contributed by atoms with E-state index >= 15 is 0 Å². The van der Waals surface area contributed by atoms with Gasteiger partial charge in [0, 0.05) is 5.56 Å². The molecule has 0 heterocycles. The van der Waals surface area contributed by atoms with Crippen LogP contribution in [0.5, 0.6) is 0 Å². The third-order valence-electron chi connectivity index (χ3n) is 1.38. The summed E-state index contributed by atoms with van der Waals surface area (Å²) >= 11 is 16.5. The summed E-state index contributed by atoms with van der Waals surface area (Å²) in [6, 6.07) is 4.43. The third kappa shape index (κ3) is 2.13. The van der Waals surface area contributed by atoms with Crippen LogP contribution in [0.3, 0.4) is 0 Å². The topological polar surface area (TPSA) is 40.9 Å². The smallest absolute Gasteiger partial charge is 0.252 e. The Morgan fingerprint density at radius 2 is 1.77 bits per heavy atom. The number of hydrogen-bond acceptors (Lipinski definition) is 2. The Morgan fingerprint density at radius 3 is 2.08 bits per heavy atom. The van der Waals surface area contributed by atoms with E-state index in [0.29, 0.717) is 0 Å². The van der Waals surface area contributed by atoms with E-state index in [-0.39, 0.29) is 21.2 Å². The van der Waals surface area contributed by atoms with Crippen LogP contribution in [-0.4, -0.2) is 5.24 Å². The number of halogens is 3. The van der Waals surface area contributed by atoms with Gasteiger partial charge in [0.15, 0.2) is 0 Å². The Labute approximate surface area is 89.6 Å². The first-order valence-electron chi connectivity index (χ1n) is 3.15. The minimum Gasteiger partial charge on any atom is -0.276 e. The second-order valence-corrected chi connectivity index (χ2v) is 3.36. The Morgan fingerprint density at radius 1 is 1.31 bits per heavy atom. The van der Waals surface area contributed by atoms with Gasteiger partial charge < -0.3 is 0 Å². The molecule has 13 heavy (non-hydrogen) atoms. The fourth-order valence-electron chi connectivity index (χ4n) is 0.793. The first-order chi connectivity index (χ1) is 6.06. The lowest BCUT2D eigenvalue weighted by atomic mass is 10.1. The lowest BCUT2D eigenvalue weighted by Crippen LogP contribution is -1.90. The molecule has 0 aromatic heterocycles. The van der Waals surface area contributed by atoms with Crippen molar-refractivity contribution in [1.82, 2.24) is 0 Å². The maximum Gasteiger partial charge on any atom is 0.252 e. The quantitative estimate of drug-likeness (QED) is 0.700. The van der Waals surface area contributed by atoms with Gasteiger partial charge in [0.05, 0.1) is 15.6 Å². The molecule has 0 fully saturated rings. The molecule has 0 N–H and O–H groups in total. The average Bonchev–Trinajstić information content (AvgIpc) is 2.03. The van der Waals surface area contributed by atoms with Crippen LogP contribution >= 0.6 is 34.8 Å². The van der Waals surface area contributed by atoms with Gasteiger partial charge >= 0.3 is 0 Å². The molecule has 0 saturated carbocycles. The highest BCUT2D eigenvalue weighted by Crippen LogP contribution is 2.26. The number of nitrogens with zero attached hydrogens (tertiary/aromatic N) is 1. The molecule has 1 aromatic rings. The number of rotatable bonds is 1. The number of benzene rings is 1. The maximum atomic E-state index is 10.7. The molecule has 0 bridgehead atoms. The van der Waals surface area contributed by atoms with E-state index in [1.807, 2.05) is 6.07 Å². The van der Waals surface area contributed by atoms with Gasteiger partial charge in [-0.05, 0) is 23.7 Å². The molecule has 2 nitrogen and oxygen atoms in total. The van der Waals surface area contributed by atoms with Crippen molar-refractivity contribution in [2.24, 2.45) is 0 Å². The normalized spacial score (nSPS) is 9.38. The van der Waals surface area contributed by atoms with Crippen LogP contribution in [0.4, 0.5) is 0 Å². The largest absolute Gasteiger partial charge is 0.276 e. The molecule has 66 valence electrons. The predicted molar refractivity (Wildman–Crippen MR) is 51.4 cm³/mol. The van der Waals surface area contributed by atoms with Crippen LogP contribution in [0.15, 0.2) is 12.1 Å². The monoisotopic (exact) mass is 233 g/mol. The summed E-state index contributed by atoms with van der Waals surface area (Å²) in [5.74, 6) is 0. The number of carbonyl (C=O) groups is 1. The summed E-state index contributed by atoms with van der Waals surface area (Å²) in [5.41, 5.74) is 0.320. The second kappa shape index (κ2) is 3.97. The first kappa shape index (κ1) is 10.3. The number of nitriles is 1. The van der Waals surface area contributed by atoms with Gasteiger partial charge in [-0.2, -0.15) is 5.26 Å². The molecule has 5 heteroatoms. The lowest BCUT2D eigenvalue weighted by Gasteiger charge is -2.00. The van der Waals surface area contributed by atoms with Gasteiger partial charge in [0.1, 0.15) is 6.07 Å². The molecule has 0 aliphatic heterocycles. The minimum atomic E-state index is -0.659. The van der Waals surface area contributed by atoms with Crippen LogP contribution in [0, 0.1) is 11.3 Å². The van der Waals surface area contributed by atoms with Crippen LogP contribution in [0.1, 0.15) is 15.9 Å². The van der Waals surface area contributed by atoms with Crippen molar-refractivity contribution < 1.29 is 4.79 Å². The molecular formula is C8H2Cl3NO. The second-order valence-electron chi connectivity index (χ2n) is 2.20. The van der Waals surface area contributed by atoms with Gasteiger partial charge in [-0.15, -0.1) is 0 Å². The van der Waals surface area contributed by atoms with Crippen LogP contribution in [0.25, 0.3) is 0 Å². The van der Waals surface area contributed by atoms with Gasteiger partial charge in [0.25, 0.3) is 5.24 Å². The molecule has 0 amide bonds. The van der Waals surface area contributed by atoms with Crippen LogP contribution < -0.4 is 0 Å². The van der Waals surface area contributed by atoms with E-state index in [1.165, 1.54) is 12.1 Å². The van der Waals surface area contributed by atoms with Gasteiger partial charge in [-0.25, -0.2) is 0 Å². The summed E-state index contributed by atoms with van der Waals surface area (Å²) in [6.45, 7) is 0. The molecular weight excluding hydrogens is 232 g/mol. The van der Waals surface area contributed by atoms with E-state index in [0.717, 1.165) is 0 Å². The minimum absolute atomic E-state index is 0.124. The molecule has 0 radical (unpaired) electrons. The molecule has 0 aliphatic carbocycles. The summed E-state index contributed by atoms with van der Waals surface area (Å²) in [4.78, 5) is 10.7. The van der Waals surface area contributed by atoms with E-state index in [1.54, 1.807) is 0 Å². The summed E-state index contributed by atoms with van der Waals surface area (Å²) in [7, 11) is 0. The zero-order chi connectivity index (χ0) is 10.0. The van der Waals surface area contributed by atoms with E-state index in [4.69, 9.17) is 40.1 Å². The highest BCUT2D eigenvalue weighted by Gasteiger charge is 2.10. The van der Waals surface area contributed by atoms with Gasteiger partial charge in [-0.1, -0.05) is 23.2 Å². The Bertz CT molecular complexity index is 385. The van der Waals surface area contributed by atoms with Crippen molar-refractivity contribution in [2.75, 3.05) is 0 Å². The molecule has 1 rings (SSSR count). The van der Waals surface area contributed by atoms with E-state index in [9.17, 15) is 4.79 Å². The molecule has 0 atom stereocenters. The van der Waals surface area contributed by atoms with Gasteiger partial charge in [0.2, 0.25) is 0 Å². The highest BCUT2D eigenvalue weighted by molar-refractivity contribution is 6.68. The fraction of sp³-hybridized carbons (Fsp3) is 0. The van der Waals surface area contributed by atoms with Crippen molar-refractivity contribution in [3.05, 3.63) is 33.3 Å². The Hall–Kier alpha value is -0.750. The average molecular weight is 234 g/mol. The molecule has 0 unspecified atom stereocenters. The Balaban J connectivity index is 3.39. The standard InChI is InChI=1S/C8H2Cl3NO/c9-6-1-4(8(11)13)2-7(10)5(6)3-12/h1-2H. The van der Waals surface area contributed by atoms with E-state index < -0.39 is 5.24 Å². The maximum absolute atomic E-state index is 10.7. The van der Waals surface area contributed by atoms with E-state index in [2.05, 4.69) is 0 Å². The molecule has 0 spiro atoms. The first-order valence-corrected chi connectivity index (χ1v) is 4.28. The lowest BCUT2D eigenvalue weighted by molar-refractivity contribution is 0.108. The predicted octanol–water partition coefficient (Wildman–Crippen LogP) is 3.24. The number of hydrogen-bond donors (Lipinski definition) is 0. The summed E-state index contributed by atoms with van der Waals surface area (Å²) < 4.78 is 0. The number of carbonyl (C=O) groups excluding carboxylic acids is 1. The van der Waals surface area contributed by atoms with Crippen molar-refractivity contribution in [2.45, 2.75) is 0 Å². The molecule has 0 saturated heterocycles. The molecule has 0 aliphatic rings. The summed E-state index contributed by atoms with van der Waals surface area (Å²) in [5, 5.41) is 8.18. The van der Waals surface area contributed by atoms with Crippen molar-refractivity contribution in [3.8, 4) is 6.07 Å².